The van der Waals surface area contributed by atoms with E-state index in [1.54, 1.807) is 0 Å². The van der Waals surface area contributed by atoms with Crippen LogP contribution in [0.4, 0.5) is 4.39 Å². The van der Waals surface area contributed by atoms with Crippen LogP contribution in [0.25, 0.3) is 0 Å². The van der Waals surface area contributed by atoms with E-state index in [1.807, 2.05) is 43.0 Å². The highest BCUT2D eigenvalue weighted by molar-refractivity contribution is 5.78. The summed E-state index contributed by atoms with van der Waals surface area (Å²) in [6, 6.07) is 12.9. The van der Waals surface area contributed by atoms with Crippen LogP contribution >= 0.6 is 0 Å². The van der Waals surface area contributed by atoms with E-state index in [9.17, 15) is 9.18 Å². The molecule has 0 bridgehead atoms. The number of ether oxygens (including phenoxy) is 1. The zero-order valence-corrected chi connectivity index (χ0v) is 17.1. The molecule has 0 saturated carbocycles. The van der Waals surface area contributed by atoms with Crippen molar-refractivity contribution < 1.29 is 13.9 Å². The fourth-order valence-corrected chi connectivity index (χ4v) is 3.77. The van der Waals surface area contributed by atoms with E-state index in [-0.39, 0.29) is 30.4 Å². The second kappa shape index (κ2) is 8.74. The van der Waals surface area contributed by atoms with Crippen molar-refractivity contribution in [3.8, 4) is 5.75 Å². The Kier molecular flexibility index (Phi) is 6.35. The van der Waals surface area contributed by atoms with E-state index < -0.39 is 0 Å². The van der Waals surface area contributed by atoms with Crippen LogP contribution in [0.5, 0.6) is 5.75 Å². The van der Waals surface area contributed by atoms with Crippen molar-refractivity contribution in [2.75, 3.05) is 19.7 Å². The molecule has 1 aliphatic rings. The summed E-state index contributed by atoms with van der Waals surface area (Å²) >= 11 is 0. The minimum atomic E-state index is -0.218. The van der Waals surface area contributed by atoms with Gasteiger partial charge in [-0.3, -0.25) is 9.69 Å². The van der Waals surface area contributed by atoms with Gasteiger partial charge in [0.25, 0.3) is 5.91 Å². The van der Waals surface area contributed by atoms with Gasteiger partial charge in [-0.2, -0.15) is 0 Å². The van der Waals surface area contributed by atoms with Gasteiger partial charge in [-0.25, -0.2) is 4.39 Å². The lowest BCUT2D eigenvalue weighted by atomic mass is 10.1. The Bertz CT molecular complexity index is 822. The second-order valence-electron chi connectivity index (χ2n) is 7.86. The zero-order chi connectivity index (χ0) is 20.3. The molecule has 0 aromatic heterocycles. The third kappa shape index (κ3) is 4.90. The fourth-order valence-electron chi connectivity index (χ4n) is 3.77. The van der Waals surface area contributed by atoms with Crippen LogP contribution in [0.1, 0.15) is 30.5 Å². The summed E-state index contributed by atoms with van der Waals surface area (Å²) in [5.74, 6) is 0.555. The number of nitrogens with zero attached hydrogens (tertiary/aromatic N) is 2. The second-order valence-corrected chi connectivity index (χ2v) is 7.86. The first-order valence-electron chi connectivity index (χ1n) is 9.81. The van der Waals surface area contributed by atoms with E-state index in [4.69, 9.17) is 4.74 Å². The van der Waals surface area contributed by atoms with Crippen LogP contribution < -0.4 is 4.74 Å². The van der Waals surface area contributed by atoms with Gasteiger partial charge in [0.05, 0.1) is 0 Å². The Balaban J connectivity index is 1.57. The number of amides is 1. The van der Waals surface area contributed by atoms with Crippen LogP contribution in [0.2, 0.25) is 0 Å². The molecular formula is C23H29FN2O2. The van der Waals surface area contributed by atoms with Gasteiger partial charge in [0.15, 0.2) is 6.61 Å². The summed E-state index contributed by atoms with van der Waals surface area (Å²) in [6.07, 6.45) is 0. The lowest BCUT2D eigenvalue weighted by molar-refractivity contribution is -0.139. The van der Waals surface area contributed by atoms with Crippen LogP contribution in [-0.2, 0) is 11.3 Å². The number of aryl methyl sites for hydroxylation is 2. The maximum atomic E-state index is 13.1. The van der Waals surface area contributed by atoms with Crippen LogP contribution in [0.15, 0.2) is 42.5 Å². The molecule has 150 valence electrons. The topological polar surface area (TPSA) is 32.8 Å². The molecule has 0 spiro atoms. The molecule has 0 radical (unpaired) electrons. The van der Waals surface area contributed by atoms with Gasteiger partial charge >= 0.3 is 0 Å². The summed E-state index contributed by atoms with van der Waals surface area (Å²) in [5.41, 5.74) is 3.30. The highest BCUT2D eigenvalue weighted by Gasteiger charge is 2.32. The molecular weight excluding hydrogens is 355 g/mol. The summed E-state index contributed by atoms with van der Waals surface area (Å²) < 4.78 is 18.9. The minimum Gasteiger partial charge on any atom is -0.484 e. The molecule has 2 atom stereocenters. The van der Waals surface area contributed by atoms with E-state index in [1.165, 1.54) is 17.7 Å². The Hall–Kier alpha value is -2.40. The number of rotatable bonds is 5. The molecule has 4 nitrogen and oxygen atoms in total. The van der Waals surface area contributed by atoms with Crippen molar-refractivity contribution >= 4 is 5.91 Å². The van der Waals surface area contributed by atoms with Crippen molar-refractivity contribution in [2.45, 2.75) is 46.3 Å². The lowest BCUT2D eigenvalue weighted by Gasteiger charge is -2.44. The van der Waals surface area contributed by atoms with Gasteiger partial charge in [-0.15, -0.1) is 0 Å². The average molecular weight is 384 g/mol. The molecule has 1 saturated heterocycles. The number of benzene rings is 2. The number of piperazine rings is 1. The zero-order valence-electron chi connectivity index (χ0n) is 17.1. The highest BCUT2D eigenvalue weighted by Crippen LogP contribution is 2.21. The summed E-state index contributed by atoms with van der Waals surface area (Å²) in [6.45, 7) is 10.5. The van der Waals surface area contributed by atoms with E-state index in [2.05, 4.69) is 24.8 Å². The van der Waals surface area contributed by atoms with Crippen LogP contribution in [0, 0.1) is 19.7 Å². The molecule has 2 aromatic rings. The maximum Gasteiger partial charge on any atom is 0.260 e. The SMILES string of the molecule is Cc1ccc(OCC(=O)N2CC(C)N(Cc3ccc(F)cc3)CC2C)c(C)c1. The Labute approximate surface area is 166 Å². The quantitative estimate of drug-likeness (QED) is 0.783. The van der Waals surface area contributed by atoms with Gasteiger partial charge < -0.3 is 9.64 Å². The summed E-state index contributed by atoms with van der Waals surface area (Å²) in [7, 11) is 0. The van der Waals surface area contributed by atoms with E-state index >= 15 is 0 Å². The van der Waals surface area contributed by atoms with E-state index in [0.29, 0.717) is 6.54 Å². The van der Waals surface area contributed by atoms with Crippen molar-refractivity contribution in [1.82, 2.24) is 9.80 Å². The number of carbonyl (C=O) groups is 1. The number of carbonyl (C=O) groups excluding carboxylic acids is 1. The first kappa shape index (κ1) is 20.3. The van der Waals surface area contributed by atoms with Crippen molar-refractivity contribution in [1.29, 1.82) is 0 Å². The average Bonchev–Trinajstić information content (AvgIpc) is 2.65. The number of hydrogen-bond donors (Lipinski definition) is 0. The number of hydrogen-bond acceptors (Lipinski definition) is 3. The number of halogens is 1. The third-order valence-electron chi connectivity index (χ3n) is 5.42. The fraction of sp³-hybridized carbons (Fsp3) is 0.435. The van der Waals surface area contributed by atoms with Gasteiger partial charge in [0, 0.05) is 31.7 Å². The molecule has 3 rings (SSSR count). The molecule has 0 aliphatic carbocycles. The van der Waals surface area contributed by atoms with Gasteiger partial charge in [0.2, 0.25) is 0 Å². The third-order valence-corrected chi connectivity index (χ3v) is 5.42. The smallest absolute Gasteiger partial charge is 0.260 e. The normalized spacial score (nSPS) is 20.2. The van der Waals surface area contributed by atoms with Crippen molar-refractivity contribution in [3.05, 3.63) is 65.0 Å². The van der Waals surface area contributed by atoms with Crippen LogP contribution in [-0.4, -0.2) is 47.5 Å². The first-order valence-corrected chi connectivity index (χ1v) is 9.81. The summed E-state index contributed by atoms with van der Waals surface area (Å²) in [4.78, 5) is 17.0. The molecule has 1 heterocycles. The molecule has 1 amide bonds. The van der Waals surface area contributed by atoms with Gasteiger partial charge in [0.1, 0.15) is 11.6 Å². The summed E-state index contributed by atoms with van der Waals surface area (Å²) in [5, 5.41) is 0. The van der Waals surface area contributed by atoms with Gasteiger partial charge in [-0.1, -0.05) is 29.8 Å². The lowest BCUT2D eigenvalue weighted by Crippen LogP contribution is -2.58. The van der Waals surface area contributed by atoms with Gasteiger partial charge in [-0.05, 0) is 57.0 Å². The molecule has 1 aliphatic heterocycles. The molecule has 5 heteroatoms. The molecule has 1 fully saturated rings. The Morgan fingerprint density at radius 3 is 2.46 bits per heavy atom. The monoisotopic (exact) mass is 384 g/mol. The largest absolute Gasteiger partial charge is 0.484 e. The minimum absolute atomic E-state index is 0.0146. The molecule has 2 unspecified atom stereocenters. The first-order chi connectivity index (χ1) is 13.3. The predicted molar refractivity (Wildman–Crippen MR) is 109 cm³/mol. The van der Waals surface area contributed by atoms with Crippen LogP contribution in [0.3, 0.4) is 0 Å². The Morgan fingerprint density at radius 2 is 1.79 bits per heavy atom. The molecule has 0 N–H and O–H groups in total. The predicted octanol–water partition coefficient (Wildman–Crippen LogP) is 3.94. The van der Waals surface area contributed by atoms with Crippen molar-refractivity contribution in [2.24, 2.45) is 0 Å². The van der Waals surface area contributed by atoms with Crippen molar-refractivity contribution in [3.63, 3.8) is 0 Å². The maximum absolute atomic E-state index is 13.1. The Morgan fingerprint density at radius 1 is 1.07 bits per heavy atom. The molecule has 28 heavy (non-hydrogen) atoms. The van der Waals surface area contributed by atoms with E-state index in [0.717, 1.165) is 30.0 Å². The standard InChI is InChI=1S/C23H29FN2O2/c1-16-5-10-22(17(2)11-16)28-15-23(27)26-13-18(3)25(12-19(26)4)14-20-6-8-21(24)9-7-20/h5-11,18-19H,12-15H2,1-4H3. The highest BCUT2D eigenvalue weighted by atomic mass is 19.1. The molecule has 2 aromatic carbocycles.